The highest BCUT2D eigenvalue weighted by Gasteiger charge is 2.34. The van der Waals surface area contributed by atoms with Crippen molar-refractivity contribution >= 4 is 11.9 Å². The molecule has 0 aromatic carbocycles. The molecule has 4 nitrogen and oxygen atoms in total. The molecule has 0 heterocycles. The Morgan fingerprint density at radius 3 is 2.14 bits per heavy atom. The van der Waals surface area contributed by atoms with Crippen molar-refractivity contribution in [1.29, 1.82) is 0 Å². The third kappa shape index (κ3) is 3.77. The summed E-state index contributed by atoms with van der Waals surface area (Å²) < 4.78 is 9.73. The highest BCUT2D eigenvalue weighted by molar-refractivity contribution is 5.77. The lowest BCUT2D eigenvalue weighted by Crippen LogP contribution is -2.34. The predicted octanol–water partition coefficient (Wildman–Crippen LogP) is 1.53. The van der Waals surface area contributed by atoms with Gasteiger partial charge in [0, 0.05) is 6.92 Å². The van der Waals surface area contributed by atoms with E-state index in [1.807, 2.05) is 6.92 Å². The van der Waals surface area contributed by atoms with Gasteiger partial charge in [-0.05, 0) is 20.3 Å². The van der Waals surface area contributed by atoms with Crippen LogP contribution in [0.4, 0.5) is 0 Å². The zero-order chi connectivity index (χ0) is 11.2. The third-order valence-corrected chi connectivity index (χ3v) is 2.14. The zero-order valence-electron chi connectivity index (χ0n) is 9.25. The number of carbonyl (C=O) groups is 2. The molecule has 0 spiro atoms. The molecule has 0 bridgehead atoms. The van der Waals surface area contributed by atoms with E-state index in [0.29, 0.717) is 13.0 Å². The van der Waals surface area contributed by atoms with Crippen LogP contribution in [0.1, 0.15) is 34.1 Å². The second-order valence-corrected chi connectivity index (χ2v) is 3.41. The molecule has 0 radical (unpaired) electrons. The number of esters is 2. The van der Waals surface area contributed by atoms with Gasteiger partial charge in [-0.2, -0.15) is 0 Å². The van der Waals surface area contributed by atoms with Crippen LogP contribution < -0.4 is 0 Å². The summed E-state index contributed by atoms with van der Waals surface area (Å²) in [6.07, 6.45) is 0.582. The molecule has 0 saturated heterocycles. The fourth-order valence-corrected chi connectivity index (χ4v) is 0.872. The van der Waals surface area contributed by atoms with Gasteiger partial charge in [-0.15, -0.1) is 0 Å². The number of hydrogen-bond donors (Lipinski definition) is 0. The molecular weight excluding hydrogens is 184 g/mol. The predicted molar refractivity (Wildman–Crippen MR) is 51.7 cm³/mol. The Morgan fingerprint density at radius 2 is 1.79 bits per heavy atom. The van der Waals surface area contributed by atoms with Crippen molar-refractivity contribution in [3.05, 3.63) is 0 Å². The van der Waals surface area contributed by atoms with Crippen molar-refractivity contribution in [3.8, 4) is 0 Å². The van der Waals surface area contributed by atoms with Crippen LogP contribution in [0.25, 0.3) is 0 Å². The minimum atomic E-state index is -0.721. The lowest BCUT2D eigenvalue weighted by molar-refractivity contribution is -0.161. The number of rotatable bonds is 5. The Morgan fingerprint density at radius 1 is 1.21 bits per heavy atom. The molecule has 0 amide bonds. The quantitative estimate of drug-likeness (QED) is 0.634. The Hall–Kier alpha value is -1.06. The van der Waals surface area contributed by atoms with Crippen LogP contribution in [0.5, 0.6) is 0 Å². The minimum Gasteiger partial charge on any atom is -0.465 e. The van der Waals surface area contributed by atoms with Crippen molar-refractivity contribution < 1.29 is 19.1 Å². The van der Waals surface area contributed by atoms with E-state index >= 15 is 0 Å². The topological polar surface area (TPSA) is 52.6 Å². The van der Waals surface area contributed by atoms with Gasteiger partial charge in [0.05, 0.1) is 12.0 Å². The molecule has 14 heavy (non-hydrogen) atoms. The molecule has 0 rings (SSSR count). The van der Waals surface area contributed by atoms with Gasteiger partial charge in [0.1, 0.15) is 6.61 Å². The second-order valence-electron chi connectivity index (χ2n) is 3.41. The molecule has 0 aromatic rings. The van der Waals surface area contributed by atoms with E-state index in [9.17, 15) is 9.59 Å². The van der Waals surface area contributed by atoms with Crippen molar-refractivity contribution in [2.45, 2.75) is 34.1 Å². The highest BCUT2D eigenvalue weighted by atomic mass is 16.5. The second kappa shape index (κ2) is 5.62. The first-order valence-electron chi connectivity index (χ1n) is 4.77. The van der Waals surface area contributed by atoms with Gasteiger partial charge in [0.2, 0.25) is 0 Å². The Bertz CT molecular complexity index is 212. The van der Waals surface area contributed by atoms with Gasteiger partial charge in [-0.25, -0.2) is 0 Å². The van der Waals surface area contributed by atoms with Crippen LogP contribution in [0.2, 0.25) is 0 Å². The molecule has 0 aliphatic rings. The molecule has 0 aliphatic heterocycles. The molecule has 0 fully saturated rings. The van der Waals surface area contributed by atoms with Crippen LogP contribution in [-0.4, -0.2) is 25.2 Å². The highest BCUT2D eigenvalue weighted by Crippen LogP contribution is 2.23. The van der Waals surface area contributed by atoms with Crippen LogP contribution in [-0.2, 0) is 19.1 Å². The van der Waals surface area contributed by atoms with Gasteiger partial charge in [0.15, 0.2) is 0 Å². The monoisotopic (exact) mass is 202 g/mol. The summed E-state index contributed by atoms with van der Waals surface area (Å²) in [5, 5.41) is 0. The van der Waals surface area contributed by atoms with Crippen LogP contribution in [0, 0.1) is 5.41 Å². The van der Waals surface area contributed by atoms with Gasteiger partial charge in [-0.3, -0.25) is 9.59 Å². The normalized spacial score (nSPS) is 14.3. The lowest BCUT2D eigenvalue weighted by atomic mass is 9.89. The summed E-state index contributed by atoms with van der Waals surface area (Å²) in [4.78, 5) is 22.1. The summed E-state index contributed by atoms with van der Waals surface area (Å²) in [5.74, 6) is -0.697. The Balaban J connectivity index is 4.30. The van der Waals surface area contributed by atoms with E-state index in [4.69, 9.17) is 9.47 Å². The van der Waals surface area contributed by atoms with E-state index in [1.165, 1.54) is 6.92 Å². The van der Waals surface area contributed by atoms with Crippen molar-refractivity contribution in [3.63, 3.8) is 0 Å². The molecule has 1 atom stereocenters. The summed E-state index contributed by atoms with van der Waals surface area (Å²) in [5.41, 5.74) is -0.721. The maximum Gasteiger partial charge on any atom is 0.315 e. The fraction of sp³-hybridized carbons (Fsp3) is 0.800. The first-order chi connectivity index (χ1) is 6.46. The maximum absolute atomic E-state index is 11.5. The smallest absolute Gasteiger partial charge is 0.315 e. The summed E-state index contributed by atoms with van der Waals surface area (Å²) >= 11 is 0. The van der Waals surface area contributed by atoms with E-state index < -0.39 is 5.41 Å². The van der Waals surface area contributed by atoms with E-state index in [-0.39, 0.29) is 18.5 Å². The average molecular weight is 202 g/mol. The Kier molecular flexibility index (Phi) is 5.20. The minimum absolute atomic E-state index is 0.0810. The number of hydrogen-bond acceptors (Lipinski definition) is 4. The lowest BCUT2D eigenvalue weighted by Gasteiger charge is -2.24. The van der Waals surface area contributed by atoms with Gasteiger partial charge >= 0.3 is 11.9 Å². The standard InChI is InChI=1S/C10H18O4/c1-5-10(4,7-14-8(3)11)9(12)13-6-2/h5-7H2,1-4H3. The molecule has 82 valence electrons. The number of ether oxygens (including phenoxy) is 2. The molecule has 4 heteroatoms. The van der Waals surface area contributed by atoms with Crippen molar-refractivity contribution in [2.24, 2.45) is 5.41 Å². The maximum atomic E-state index is 11.5. The van der Waals surface area contributed by atoms with Gasteiger partial charge in [0.25, 0.3) is 0 Å². The fourth-order valence-electron chi connectivity index (χ4n) is 0.872. The molecule has 0 aliphatic carbocycles. The van der Waals surface area contributed by atoms with E-state index in [0.717, 1.165) is 0 Å². The number of carbonyl (C=O) groups excluding carboxylic acids is 2. The molecule has 0 aromatic heterocycles. The van der Waals surface area contributed by atoms with Gasteiger partial charge < -0.3 is 9.47 Å². The first kappa shape index (κ1) is 12.9. The molecule has 0 saturated carbocycles. The van der Waals surface area contributed by atoms with Crippen LogP contribution >= 0.6 is 0 Å². The summed E-state index contributed by atoms with van der Waals surface area (Å²) in [7, 11) is 0. The molecule has 0 N–H and O–H groups in total. The van der Waals surface area contributed by atoms with Crippen molar-refractivity contribution in [1.82, 2.24) is 0 Å². The first-order valence-corrected chi connectivity index (χ1v) is 4.77. The largest absolute Gasteiger partial charge is 0.465 e. The Labute approximate surface area is 84.6 Å². The van der Waals surface area contributed by atoms with Gasteiger partial charge in [-0.1, -0.05) is 6.92 Å². The van der Waals surface area contributed by atoms with Crippen molar-refractivity contribution in [2.75, 3.05) is 13.2 Å². The zero-order valence-corrected chi connectivity index (χ0v) is 9.25. The molecule has 1 unspecified atom stereocenters. The van der Waals surface area contributed by atoms with E-state index in [1.54, 1.807) is 13.8 Å². The summed E-state index contributed by atoms with van der Waals surface area (Å²) in [6.45, 7) is 7.08. The molecular formula is C10H18O4. The summed E-state index contributed by atoms with van der Waals surface area (Å²) in [6, 6.07) is 0. The van der Waals surface area contributed by atoms with Crippen LogP contribution in [0.3, 0.4) is 0 Å². The third-order valence-electron chi connectivity index (χ3n) is 2.14. The van der Waals surface area contributed by atoms with Crippen LogP contribution in [0.15, 0.2) is 0 Å². The average Bonchev–Trinajstić information content (AvgIpc) is 2.14. The SMILES string of the molecule is CCOC(=O)C(C)(CC)COC(C)=O. The van der Waals surface area contributed by atoms with E-state index in [2.05, 4.69) is 0 Å².